The summed E-state index contributed by atoms with van der Waals surface area (Å²) in [6.07, 6.45) is 1.98. The SMILES string of the molecule is CC(C)(C)n1cc(-c2ccc(Cl)c(F)c2)c2ccc(Cl)nc21. The first-order valence-corrected chi connectivity index (χ1v) is 7.66. The second kappa shape index (κ2) is 5.25. The molecule has 0 aliphatic heterocycles. The second-order valence-corrected chi connectivity index (χ2v) is 7.01. The Morgan fingerprint density at radius 2 is 1.82 bits per heavy atom. The van der Waals surface area contributed by atoms with Crippen molar-refractivity contribution in [2.24, 2.45) is 0 Å². The van der Waals surface area contributed by atoms with Crippen molar-refractivity contribution in [3.63, 3.8) is 0 Å². The Hall–Kier alpha value is -1.58. The van der Waals surface area contributed by atoms with Crippen LogP contribution in [0.15, 0.2) is 36.5 Å². The van der Waals surface area contributed by atoms with Crippen LogP contribution >= 0.6 is 23.2 Å². The van der Waals surface area contributed by atoms with Gasteiger partial charge in [-0.15, -0.1) is 0 Å². The van der Waals surface area contributed by atoms with Crippen molar-refractivity contribution in [3.8, 4) is 11.1 Å². The van der Waals surface area contributed by atoms with Crippen LogP contribution in [0.1, 0.15) is 20.8 Å². The normalized spacial score (nSPS) is 12.1. The summed E-state index contributed by atoms with van der Waals surface area (Å²) in [6.45, 7) is 6.25. The number of hydrogen-bond donors (Lipinski definition) is 0. The van der Waals surface area contributed by atoms with Crippen molar-refractivity contribution in [2.45, 2.75) is 26.3 Å². The van der Waals surface area contributed by atoms with Crippen molar-refractivity contribution in [3.05, 3.63) is 52.5 Å². The summed E-state index contributed by atoms with van der Waals surface area (Å²) in [6, 6.07) is 8.47. The maximum Gasteiger partial charge on any atom is 0.142 e. The standard InChI is InChI=1S/C17H15Cl2FN2/c1-17(2,3)22-9-12(10-4-6-13(18)14(20)8-10)11-5-7-15(19)21-16(11)22/h4-9H,1-3H3. The Labute approximate surface area is 138 Å². The molecular weight excluding hydrogens is 322 g/mol. The Bertz CT molecular complexity index is 863. The van der Waals surface area contributed by atoms with Crippen LogP contribution in [-0.4, -0.2) is 9.55 Å². The van der Waals surface area contributed by atoms with Crippen molar-refractivity contribution >= 4 is 34.2 Å². The molecule has 2 aromatic heterocycles. The van der Waals surface area contributed by atoms with Gasteiger partial charge in [0.05, 0.1) is 5.02 Å². The van der Waals surface area contributed by atoms with Gasteiger partial charge in [0.15, 0.2) is 0 Å². The van der Waals surface area contributed by atoms with E-state index in [4.69, 9.17) is 23.2 Å². The molecule has 0 bridgehead atoms. The molecule has 0 aliphatic carbocycles. The van der Waals surface area contributed by atoms with Crippen LogP contribution in [0.2, 0.25) is 10.2 Å². The maximum atomic E-state index is 13.8. The van der Waals surface area contributed by atoms with E-state index in [-0.39, 0.29) is 10.6 Å². The summed E-state index contributed by atoms with van der Waals surface area (Å²) in [7, 11) is 0. The predicted octanol–water partition coefficient (Wildman–Crippen LogP) is 5.90. The van der Waals surface area contributed by atoms with Crippen molar-refractivity contribution in [1.29, 1.82) is 0 Å². The third-order valence-corrected chi connectivity index (χ3v) is 4.09. The minimum Gasteiger partial charge on any atom is -0.327 e. The van der Waals surface area contributed by atoms with Gasteiger partial charge in [0.2, 0.25) is 0 Å². The van der Waals surface area contributed by atoms with Crippen molar-refractivity contribution < 1.29 is 4.39 Å². The highest BCUT2D eigenvalue weighted by atomic mass is 35.5. The number of aromatic nitrogens is 2. The molecule has 0 radical (unpaired) electrons. The molecule has 1 aromatic carbocycles. The number of hydrogen-bond acceptors (Lipinski definition) is 1. The minimum absolute atomic E-state index is 0.115. The lowest BCUT2D eigenvalue weighted by Crippen LogP contribution is -2.20. The zero-order valence-electron chi connectivity index (χ0n) is 12.5. The average molecular weight is 337 g/mol. The van der Waals surface area contributed by atoms with E-state index in [1.54, 1.807) is 12.1 Å². The van der Waals surface area contributed by atoms with Crippen molar-refractivity contribution in [2.75, 3.05) is 0 Å². The summed E-state index contributed by atoms with van der Waals surface area (Å²) < 4.78 is 15.8. The fraction of sp³-hybridized carbons (Fsp3) is 0.235. The zero-order valence-corrected chi connectivity index (χ0v) is 14.0. The quantitative estimate of drug-likeness (QED) is 0.505. The van der Waals surface area contributed by atoms with Gasteiger partial charge in [0, 0.05) is 22.7 Å². The molecular formula is C17H15Cl2FN2. The van der Waals surface area contributed by atoms with Crippen LogP contribution in [0, 0.1) is 5.82 Å². The van der Waals surface area contributed by atoms with E-state index in [2.05, 4.69) is 30.3 Å². The molecule has 0 atom stereocenters. The molecule has 0 amide bonds. The van der Waals surface area contributed by atoms with Crippen LogP contribution in [-0.2, 0) is 5.54 Å². The fourth-order valence-corrected chi connectivity index (χ4v) is 2.74. The van der Waals surface area contributed by atoms with Gasteiger partial charge in [0.25, 0.3) is 0 Å². The first-order chi connectivity index (χ1) is 10.3. The molecule has 2 heterocycles. The highest BCUT2D eigenvalue weighted by Crippen LogP contribution is 2.35. The van der Waals surface area contributed by atoms with Crippen LogP contribution in [0.3, 0.4) is 0 Å². The third-order valence-electron chi connectivity index (χ3n) is 3.57. The lowest BCUT2D eigenvalue weighted by Gasteiger charge is -2.21. The van der Waals surface area contributed by atoms with Crippen LogP contribution in [0.25, 0.3) is 22.2 Å². The van der Waals surface area contributed by atoms with E-state index in [9.17, 15) is 4.39 Å². The van der Waals surface area contributed by atoms with Gasteiger partial charge < -0.3 is 4.57 Å². The average Bonchev–Trinajstić information content (AvgIpc) is 2.80. The van der Waals surface area contributed by atoms with Crippen LogP contribution < -0.4 is 0 Å². The Kier molecular flexibility index (Phi) is 3.66. The summed E-state index contributed by atoms with van der Waals surface area (Å²) in [5.41, 5.74) is 2.29. The molecule has 0 aliphatic rings. The van der Waals surface area contributed by atoms with E-state index in [1.165, 1.54) is 6.07 Å². The van der Waals surface area contributed by atoms with E-state index in [0.29, 0.717) is 5.15 Å². The second-order valence-electron chi connectivity index (χ2n) is 6.22. The molecule has 3 rings (SSSR count). The smallest absolute Gasteiger partial charge is 0.142 e. The van der Waals surface area contributed by atoms with Crippen LogP contribution in [0.4, 0.5) is 4.39 Å². The minimum atomic E-state index is -0.433. The molecule has 0 saturated carbocycles. The number of fused-ring (bicyclic) bond motifs is 1. The zero-order chi connectivity index (χ0) is 16.1. The lowest BCUT2D eigenvalue weighted by atomic mass is 10.1. The predicted molar refractivity (Wildman–Crippen MR) is 90.1 cm³/mol. The Balaban J connectivity index is 2.32. The Morgan fingerprint density at radius 1 is 1.09 bits per heavy atom. The molecule has 0 fully saturated rings. The molecule has 5 heteroatoms. The topological polar surface area (TPSA) is 17.8 Å². The molecule has 0 saturated heterocycles. The summed E-state index contributed by atoms with van der Waals surface area (Å²) in [5.74, 6) is -0.433. The van der Waals surface area contributed by atoms with Gasteiger partial charge in [-0.25, -0.2) is 9.37 Å². The lowest BCUT2D eigenvalue weighted by molar-refractivity contribution is 0.409. The highest BCUT2D eigenvalue weighted by molar-refractivity contribution is 6.31. The number of benzene rings is 1. The molecule has 22 heavy (non-hydrogen) atoms. The van der Waals surface area contributed by atoms with Crippen LogP contribution in [0.5, 0.6) is 0 Å². The Morgan fingerprint density at radius 3 is 2.45 bits per heavy atom. The molecule has 114 valence electrons. The van der Waals surface area contributed by atoms with Gasteiger partial charge in [0.1, 0.15) is 16.6 Å². The number of nitrogens with zero attached hydrogens (tertiary/aromatic N) is 2. The van der Waals surface area contributed by atoms with Gasteiger partial charge >= 0.3 is 0 Å². The van der Waals surface area contributed by atoms with Gasteiger partial charge in [-0.3, -0.25) is 0 Å². The van der Waals surface area contributed by atoms with Gasteiger partial charge in [-0.1, -0.05) is 29.3 Å². The molecule has 3 aromatic rings. The van der Waals surface area contributed by atoms with E-state index in [0.717, 1.165) is 22.2 Å². The molecule has 0 spiro atoms. The number of halogens is 3. The van der Waals surface area contributed by atoms with Gasteiger partial charge in [-0.2, -0.15) is 0 Å². The fourth-order valence-electron chi connectivity index (χ4n) is 2.48. The van der Waals surface area contributed by atoms with E-state index >= 15 is 0 Å². The maximum absolute atomic E-state index is 13.8. The highest BCUT2D eigenvalue weighted by Gasteiger charge is 2.20. The number of pyridine rings is 1. The largest absolute Gasteiger partial charge is 0.327 e. The monoisotopic (exact) mass is 336 g/mol. The number of rotatable bonds is 1. The summed E-state index contributed by atoms with van der Waals surface area (Å²) in [5, 5.41) is 1.48. The van der Waals surface area contributed by atoms with E-state index in [1.807, 2.05) is 18.3 Å². The molecule has 0 unspecified atom stereocenters. The third kappa shape index (κ3) is 2.59. The molecule has 2 nitrogen and oxygen atoms in total. The van der Waals surface area contributed by atoms with Gasteiger partial charge in [-0.05, 0) is 50.6 Å². The first kappa shape index (κ1) is 15.3. The van der Waals surface area contributed by atoms with Crippen molar-refractivity contribution in [1.82, 2.24) is 9.55 Å². The molecule has 0 N–H and O–H groups in total. The first-order valence-electron chi connectivity index (χ1n) is 6.91. The van der Waals surface area contributed by atoms with E-state index < -0.39 is 5.82 Å². The summed E-state index contributed by atoms with van der Waals surface area (Å²) in [4.78, 5) is 4.44. The summed E-state index contributed by atoms with van der Waals surface area (Å²) >= 11 is 11.8.